The van der Waals surface area contributed by atoms with Crippen LogP contribution >= 0.6 is 0 Å². The summed E-state index contributed by atoms with van der Waals surface area (Å²) in [5, 5.41) is 3.37. The van der Waals surface area contributed by atoms with E-state index in [9.17, 15) is 0 Å². The van der Waals surface area contributed by atoms with E-state index >= 15 is 0 Å². The van der Waals surface area contributed by atoms with Gasteiger partial charge in [-0.3, -0.25) is 4.99 Å². The summed E-state index contributed by atoms with van der Waals surface area (Å²) in [6, 6.07) is 12.0. The summed E-state index contributed by atoms with van der Waals surface area (Å²) in [4.78, 5) is 13.6. The Morgan fingerprint density at radius 2 is 2.00 bits per heavy atom. The summed E-state index contributed by atoms with van der Waals surface area (Å²) in [6.07, 6.45) is 7.59. The lowest BCUT2D eigenvalue weighted by atomic mass is 10.0. The van der Waals surface area contributed by atoms with Gasteiger partial charge in [0, 0.05) is 42.1 Å². The van der Waals surface area contributed by atoms with Crippen LogP contribution in [0.1, 0.15) is 11.1 Å². The van der Waals surface area contributed by atoms with E-state index in [1.165, 1.54) is 11.1 Å². The first-order valence-corrected chi connectivity index (χ1v) is 8.97. The third-order valence-corrected chi connectivity index (χ3v) is 4.94. The minimum atomic E-state index is 0.249. The highest BCUT2D eigenvalue weighted by Gasteiger charge is 2.16. The molecule has 136 valence electrons. The fourth-order valence-electron chi connectivity index (χ4n) is 3.54. The number of nitrogens with one attached hydrogen (secondary N) is 1. The predicted octanol–water partition coefficient (Wildman–Crippen LogP) is 3.80. The van der Waals surface area contributed by atoms with Gasteiger partial charge in [-0.15, -0.1) is 0 Å². The van der Waals surface area contributed by atoms with E-state index in [1.807, 2.05) is 41.2 Å². The zero-order chi connectivity index (χ0) is 18.5. The summed E-state index contributed by atoms with van der Waals surface area (Å²) in [7, 11) is 0. The number of benzene rings is 2. The molecule has 6 rings (SSSR count). The molecule has 0 spiro atoms. The number of aliphatic imine (C=N–C) groups is 1. The SMILES string of the molecule is C1=NCc2cc(-c3cn4ccnc4c(Nc4ccc5c(c4)OCO5)n3)ccc21. The largest absolute Gasteiger partial charge is 0.454 e. The van der Waals surface area contributed by atoms with Gasteiger partial charge < -0.3 is 19.2 Å². The van der Waals surface area contributed by atoms with Crippen molar-refractivity contribution in [2.75, 3.05) is 12.1 Å². The molecule has 4 heterocycles. The molecule has 0 saturated heterocycles. The van der Waals surface area contributed by atoms with Crippen LogP contribution in [0.2, 0.25) is 0 Å². The number of rotatable bonds is 3. The predicted molar refractivity (Wildman–Crippen MR) is 106 cm³/mol. The van der Waals surface area contributed by atoms with Gasteiger partial charge in [0.25, 0.3) is 0 Å². The zero-order valence-corrected chi connectivity index (χ0v) is 14.8. The summed E-state index contributed by atoms with van der Waals surface area (Å²) < 4.78 is 12.8. The van der Waals surface area contributed by atoms with E-state index in [-0.39, 0.29) is 6.79 Å². The second kappa shape index (κ2) is 5.82. The average Bonchev–Trinajstić information content (AvgIpc) is 3.46. The molecule has 0 bridgehead atoms. The number of hydrogen-bond donors (Lipinski definition) is 1. The van der Waals surface area contributed by atoms with Crippen molar-refractivity contribution in [3.63, 3.8) is 0 Å². The van der Waals surface area contributed by atoms with Crippen LogP contribution in [0.25, 0.3) is 16.9 Å². The number of imidazole rings is 1. The highest BCUT2D eigenvalue weighted by molar-refractivity contribution is 5.86. The normalized spacial score (nSPS) is 13.9. The fourth-order valence-corrected chi connectivity index (χ4v) is 3.54. The van der Waals surface area contributed by atoms with Gasteiger partial charge >= 0.3 is 0 Å². The van der Waals surface area contributed by atoms with Crippen molar-refractivity contribution < 1.29 is 9.47 Å². The first-order valence-electron chi connectivity index (χ1n) is 8.97. The quantitative estimate of drug-likeness (QED) is 0.595. The standard InChI is InChI=1S/C21H15N5O2/c1-2-14-9-22-10-15(14)7-13(1)17-11-26-6-5-23-21(26)20(25-17)24-16-3-4-18-19(8-16)28-12-27-18/h1-9,11H,10,12H2,(H,24,25). The molecule has 0 unspecified atom stereocenters. The molecule has 4 aromatic rings. The lowest BCUT2D eigenvalue weighted by molar-refractivity contribution is 0.174. The lowest BCUT2D eigenvalue weighted by Gasteiger charge is -2.11. The summed E-state index contributed by atoms with van der Waals surface area (Å²) in [5.41, 5.74) is 5.92. The van der Waals surface area contributed by atoms with Gasteiger partial charge in [-0.1, -0.05) is 12.1 Å². The molecule has 7 heteroatoms. The second-order valence-electron chi connectivity index (χ2n) is 6.71. The number of aromatic nitrogens is 3. The van der Waals surface area contributed by atoms with Gasteiger partial charge in [-0.05, 0) is 29.3 Å². The first-order chi connectivity index (χ1) is 13.8. The summed E-state index contributed by atoms with van der Waals surface area (Å²) >= 11 is 0. The van der Waals surface area contributed by atoms with Crippen LogP contribution in [-0.4, -0.2) is 27.4 Å². The Labute approximate surface area is 160 Å². The third kappa shape index (κ3) is 2.40. The van der Waals surface area contributed by atoms with E-state index in [1.54, 1.807) is 6.20 Å². The molecule has 2 aromatic carbocycles. The van der Waals surface area contributed by atoms with Gasteiger partial charge in [0.2, 0.25) is 6.79 Å². The van der Waals surface area contributed by atoms with Gasteiger partial charge in [-0.25, -0.2) is 9.97 Å². The van der Waals surface area contributed by atoms with E-state index in [2.05, 4.69) is 33.5 Å². The molecule has 0 atom stereocenters. The number of anilines is 2. The minimum absolute atomic E-state index is 0.249. The Hall–Kier alpha value is -3.87. The van der Waals surface area contributed by atoms with Crippen LogP contribution in [0.3, 0.4) is 0 Å². The lowest BCUT2D eigenvalue weighted by Crippen LogP contribution is -2.00. The molecule has 0 aliphatic carbocycles. The van der Waals surface area contributed by atoms with Crippen LogP contribution in [0, 0.1) is 0 Å². The second-order valence-corrected chi connectivity index (χ2v) is 6.71. The Kier molecular flexibility index (Phi) is 3.16. The van der Waals surface area contributed by atoms with Crippen molar-refractivity contribution in [1.82, 2.24) is 14.4 Å². The van der Waals surface area contributed by atoms with E-state index in [4.69, 9.17) is 14.5 Å². The van der Waals surface area contributed by atoms with Crippen LogP contribution in [0.15, 0.2) is 60.0 Å². The zero-order valence-electron chi connectivity index (χ0n) is 14.8. The Morgan fingerprint density at radius 3 is 3.00 bits per heavy atom. The van der Waals surface area contributed by atoms with E-state index < -0.39 is 0 Å². The van der Waals surface area contributed by atoms with Gasteiger partial charge in [-0.2, -0.15) is 0 Å². The maximum atomic E-state index is 5.47. The van der Waals surface area contributed by atoms with Crippen LogP contribution < -0.4 is 14.8 Å². The van der Waals surface area contributed by atoms with Crippen molar-refractivity contribution in [3.05, 3.63) is 66.1 Å². The molecule has 2 aliphatic heterocycles. The van der Waals surface area contributed by atoms with Crippen LogP contribution in [-0.2, 0) is 6.54 Å². The van der Waals surface area contributed by atoms with Crippen molar-refractivity contribution in [2.45, 2.75) is 6.54 Å². The number of fused-ring (bicyclic) bond motifs is 3. The summed E-state index contributed by atoms with van der Waals surface area (Å²) in [5.74, 6) is 2.15. The van der Waals surface area contributed by atoms with Crippen LogP contribution in [0.4, 0.5) is 11.5 Å². The topological polar surface area (TPSA) is 73.0 Å². The Balaban J connectivity index is 1.43. The smallest absolute Gasteiger partial charge is 0.231 e. The molecule has 0 saturated carbocycles. The fraction of sp³-hybridized carbons (Fsp3) is 0.0952. The molecule has 0 amide bonds. The average molecular weight is 369 g/mol. The Bertz CT molecular complexity index is 1260. The summed E-state index contributed by atoms with van der Waals surface area (Å²) in [6.45, 7) is 0.970. The van der Waals surface area contributed by atoms with Crippen molar-refractivity contribution in [2.24, 2.45) is 4.99 Å². The molecule has 2 aliphatic rings. The van der Waals surface area contributed by atoms with Crippen molar-refractivity contribution in [1.29, 1.82) is 0 Å². The maximum absolute atomic E-state index is 5.47. The maximum Gasteiger partial charge on any atom is 0.231 e. The number of nitrogens with zero attached hydrogens (tertiary/aromatic N) is 4. The number of hydrogen-bond acceptors (Lipinski definition) is 6. The Morgan fingerprint density at radius 1 is 1.04 bits per heavy atom. The van der Waals surface area contributed by atoms with Crippen LogP contribution in [0.5, 0.6) is 11.5 Å². The van der Waals surface area contributed by atoms with Gasteiger partial charge in [0.05, 0.1) is 12.2 Å². The molecule has 28 heavy (non-hydrogen) atoms. The van der Waals surface area contributed by atoms with E-state index in [0.29, 0.717) is 5.82 Å². The van der Waals surface area contributed by atoms with Crippen molar-refractivity contribution >= 4 is 23.4 Å². The molecule has 1 N–H and O–H groups in total. The minimum Gasteiger partial charge on any atom is -0.454 e. The molecular formula is C21H15N5O2. The number of ether oxygens (including phenoxy) is 2. The monoisotopic (exact) mass is 369 g/mol. The van der Waals surface area contributed by atoms with Crippen molar-refractivity contribution in [3.8, 4) is 22.8 Å². The molecule has 0 radical (unpaired) electrons. The highest BCUT2D eigenvalue weighted by atomic mass is 16.7. The molecule has 7 nitrogen and oxygen atoms in total. The molecule has 2 aromatic heterocycles. The highest BCUT2D eigenvalue weighted by Crippen LogP contribution is 2.35. The molecular weight excluding hydrogens is 354 g/mol. The van der Waals surface area contributed by atoms with Gasteiger partial charge in [0.15, 0.2) is 23.0 Å². The van der Waals surface area contributed by atoms with E-state index in [0.717, 1.165) is 40.6 Å². The van der Waals surface area contributed by atoms with Gasteiger partial charge in [0.1, 0.15) is 0 Å². The first kappa shape index (κ1) is 15.2. The third-order valence-electron chi connectivity index (χ3n) is 4.94. The molecule has 0 fully saturated rings.